The molecule has 1 saturated heterocycles. The molecule has 2 fully saturated rings. The molecule has 1 aromatic rings. The van der Waals surface area contributed by atoms with Gasteiger partial charge in [-0.1, -0.05) is 25.7 Å². The van der Waals surface area contributed by atoms with E-state index in [0.717, 1.165) is 38.3 Å². The number of carbonyl (C=O) groups is 1. The predicted molar refractivity (Wildman–Crippen MR) is 90.0 cm³/mol. The fourth-order valence-corrected chi connectivity index (χ4v) is 3.77. The van der Waals surface area contributed by atoms with Gasteiger partial charge in [0.15, 0.2) is 0 Å². The first-order valence-electron chi connectivity index (χ1n) is 8.95. The normalized spacial score (nSPS) is 24.3. The van der Waals surface area contributed by atoms with E-state index >= 15 is 0 Å². The molecule has 128 valence electrons. The van der Waals surface area contributed by atoms with Gasteiger partial charge in [0.2, 0.25) is 5.91 Å². The average Bonchev–Trinajstić information content (AvgIpc) is 2.80. The Hall–Kier alpha value is -1.40. The monoisotopic (exact) mass is 319 g/mol. The van der Waals surface area contributed by atoms with E-state index in [1.54, 1.807) is 0 Å². The highest BCUT2D eigenvalue weighted by Crippen LogP contribution is 2.20. The van der Waals surface area contributed by atoms with Crippen molar-refractivity contribution in [3.63, 3.8) is 0 Å². The SMILES string of the molecule is Cn1ccnc1C1CNCCN1CC(=O)NC1CCCCCC1. The molecule has 0 radical (unpaired) electrons. The van der Waals surface area contributed by atoms with Crippen LogP contribution in [0.2, 0.25) is 0 Å². The summed E-state index contributed by atoms with van der Waals surface area (Å²) in [6.07, 6.45) is 11.2. The third-order valence-electron chi connectivity index (χ3n) is 5.08. The molecule has 0 bridgehead atoms. The highest BCUT2D eigenvalue weighted by atomic mass is 16.2. The van der Waals surface area contributed by atoms with E-state index in [1.165, 1.54) is 25.7 Å². The molecule has 1 aliphatic carbocycles. The van der Waals surface area contributed by atoms with Crippen LogP contribution in [-0.4, -0.2) is 52.6 Å². The number of nitrogens with zero attached hydrogens (tertiary/aromatic N) is 3. The Morgan fingerprint density at radius 2 is 2.13 bits per heavy atom. The summed E-state index contributed by atoms with van der Waals surface area (Å²) in [4.78, 5) is 19.2. The van der Waals surface area contributed by atoms with Crippen LogP contribution in [-0.2, 0) is 11.8 Å². The molecular weight excluding hydrogens is 290 g/mol. The summed E-state index contributed by atoms with van der Waals surface area (Å²) in [7, 11) is 2.01. The second-order valence-electron chi connectivity index (χ2n) is 6.84. The Kier molecular flexibility index (Phi) is 5.67. The minimum absolute atomic E-state index is 0.165. The van der Waals surface area contributed by atoms with E-state index in [-0.39, 0.29) is 11.9 Å². The highest BCUT2D eigenvalue weighted by Gasteiger charge is 2.28. The van der Waals surface area contributed by atoms with Gasteiger partial charge in [-0.15, -0.1) is 0 Å². The van der Waals surface area contributed by atoms with E-state index in [1.807, 2.05) is 24.0 Å². The van der Waals surface area contributed by atoms with Crippen LogP contribution in [0.3, 0.4) is 0 Å². The van der Waals surface area contributed by atoms with E-state index < -0.39 is 0 Å². The number of carbonyl (C=O) groups excluding carboxylic acids is 1. The second-order valence-corrected chi connectivity index (χ2v) is 6.84. The Bertz CT molecular complexity index is 507. The number of hydrogen-bond acceptors (Lipinski definition) is 4. The Balaban J connectivity index is 1.58. The number of aromatic nitrogens is 2. The summed E-state index contributed by atoms with van der Waals surface area (Å²) < 4.78 is 2.05. The first-order chi connectivity index (χ1) is 11.2. The smallest absolute Gasteiger partial charge is 0.234 e. The minimum atomic E-state index is 0.165. The molecule has 6 heteroatoms. The van der Waals surface area contributed by atoms with Crippen molar-refractivity contribution in [3.05, 3.63) is 18.2 Å². The maximum absolute atomic E-state index is 12.5. The summed E-state index contributed by atoms with van der Waals surface area (Å²) >= 11 is 0. The zero-order chi connectivity index (χ0) is 16.1. The van der Waals surface area contributed by atoms with Gasteiger partial charge < -0.3 is 15.2 Å². The van der Waals surface area contributed by atoms with Crippen molar-refractivity contribution in [1.82, 2.24) is 25.1 Å². The summed E-state index contributed by atoms with van der Waals surface area (Å²) in [5.41, 5.74) is 0. The fraction of sp³-hybridized carbons (Fsp3) is 0.765. The lowest BCUT2D eigenvalue weighted by Gasteiger charge is -2.35. The van der Waals surface area contributed by atoms with Gasteiger partial charge in [-0.05, 0) is 12.8 Å². The molecule has 0 spiro atoms. The van der Waals surface area contributed by atoms with Crippen LogP contribution in [0.25, 0.3) is 0 Å². The van der Waals surface area contributed by atoms with Gasteiger partial charge in [0.25, 0.3) is 0 Å². The predicted octanol–water partition coefficient (Wildman–Crippen LogP) is 1.21. The fourth-order valence-electron chi connectivity index (χ4n) is 3.77. The lowest BCUT2D eigenvalue weighted by molar-refractivity contribution is -0.123. The quantitative estimate of drug-likeness (QED) is 0.819. The number of nitrogens with one attached hydrogen (secondary N) is 2. The molecule has 0 aromatic carbocycles. The Labute approximate surface area is 138 Å². The van der Waals surface area contributed by atoms with Crippen LogP contribution in [0.5, 0.6) is 0 Å². The van der Waals surface area contributed by atoms with Gasteiger partial charge in [-0.25, -0.2) is 4.98 Å². The van der Waals surface area contributed by atoms with Crippen LogP contribution in [0.1, 0.15) is 50.4 Å². The average molecular weight is 319 g/mol. The van der Waals surface area contributed by atoms with Gasteiger partial charge in [-0.2, -0.15) is 0 Å². The lowest BCUT2D eigenvalue weighted by Crippen LogP contribution is -2.51. The number of imidazole rings is 1. The Morgan fingerprint density at radius 1 is 1.35 bits per heavy atom. The van der Waals surface area contributed by atoms with Crippen molar-refractivity contribution >= 4 is 5.91 Å². The van der Waals surface area contributed by atoms with E-state index in [9.17, 15) is 4.79 Å². The largest absolute Gasteiger partial charge is 0.352 e. The van der Waals surface area contributed by atoms with E-state index in [4.69, 9.17) is 0 Å². The molecule has 1 atom stereocenters. The van der Waals surface area contributed by atoms with Crippen molar-refractivity contribution in [2.45, 2.75) is 50.6 Å². The number of piperazine rings is 1. The second kappa shape index (κ2) is 7.93. The lowest BCUT2D eigenvalue weighted by atomic mass is 10.1. The highest BCUT2D eigenvalue weighted by molar-refractivity contribution is 5.78. The zero-order valence-electron chi connectivity index (χ0n) is 14.1. The standard InChI is InChI=1S/C17H29N5O/c1-21-10-9-19-17(21)15-12-18-8-11-22(15)13-16(23)20-14-6-4-2-3-5-7-14/h9-10,14-15,18H,2-8,11-13H2,1H3,(H,20,23). The number of amides is 1. The molecule has 3 rings (SSSR count). The van der Waals surface area contributed by atoms with Gasteiger partial charge in [-0.3, -0.25) is 9.69 Å². The van der Waals surface area contributed by atoms with Crippen molar-refractivity contribution in [2.24, 2.45) is 7.05 Å². The third-order valence-corrected chi connectivity index (χ3v) is 5.08. The maximum atomic E-state index is 12.5. The molecule has 2 aliphatic rings. The number of rotatable bonds is 4. The first kappa shape index (κ1) is 16.5. The number of hydrogen-bond donors (Lipinski definition) is 2. The minimum Gasteiger partial charge on any atom is -0.352 e. The summed E-state index contributed by atoms with van der Waals surface area (Å²) in [5.74, 6) is 1.19. The molecular formula is C17H29N5O. The van der Waals surface area contributed by atoms with Crippen LogP contribution < -0.4 is 10.6 Å². The Morgan fingerprint density at radius 3 is 2.83 bits per heavy atom. The van der Waals surface area contributed by atoms with Crippen molar-refractivity contribution < 1.29 is 4.79 Å². The van der Waals surface area contributed by atoms with Gasteiger partial charge in [0, 0.05) is 45.1 Å². The van der Waals surface area contributed by atoms with Crippen LogP contribution in [0.15, 0.2) is 12.4 Å². The van der Waals surface area contributed by atoms with E-state index in [0.29, 0.717) is 12.6 Å². The van der Waals surface area contributed by atoms with Crippen molar-refractivity contribution in [3.8, 4) is 0 Å². The van der Waals surface area contributed by atoms with Crippen LogP contribution in [0, 0.1) is 0 Å². The van der Waals surface area contributed by atoms with Crippen molar-refractivity contribution in [1.29, 1.82) is 0 Å². The molecule has 1 aliphatic heterocycles. The molecule has 1 amide bonds. The summed E-state index contributed by atoms with van der Waals surface area (Å²) in [6, 6.07) is 0.545. The molecule has 2 N–H and O–H groups in total. The molecule has 23 heavy (non-hydrogen) atoms. The summed E-state index contributed by atoms with van der Waals surface area (Å²) in [5, 5.41) is 6.67. The van der Waals surface area contributed by atoms with Gasteiger partial charge >= 0.3 is 0 Å². The molecule has 6 nitrogen and oxygen atoms in total. The third kappa shape index (κ3) is 4.32. The first-order valence-corrected chi connectivity index (χ1v) is 8.95. The van der Waals surface area contributed by atoms with Crippen LogP contribution >= 0.6 is 0 Å². The molecule has 1 saturated carbocycles. The van der Waals surface area contributed by atoms with Crippen LogP contribution in [0.4, 0.5) is 0 Å². The topological polar surface area (TPSA) is 62.2 Å². The van der Waals surface area contributed by atoms with E-state index in [2.05, 4.69) is 20.5 Å². The molecule has 1 aromatic heterocycles. The molecule has 2 heterocycles. The zero-order valence-corrected chi connectivity index (χ0v) is 14.1. The number of aryl methyl sites for hydroxylation is 1. The van der Waals surface area contributed by atoms with Crippen molar-refractivity contribution in [2.75, 3.05) is 26.2 Å². The maximum Gasteiger partial charge on any atom is 0.234 e. The molecule has 1 unspecified atom stereocenters. The van der Waals surface area contributed by atoms with Gasteiger partial charge in [0.05, 0.1) is 12.6 Å². The summed E-state index contributed by atoms with van der Waals surface area (Å²) in [6.45, 7) is 3.13. The van der Waals surface area contributed by atoms with Gasteiger partial charge in [0.1, 0.15) is 5.82 Å².